The fourth-order valence-corrected chi connectivity index (χ4v) is 6.03. The highest BCUT2D eigenvalue weighted by atomic mass is 32.2. The summed E-state index contributed by atoms with van der Waals surface area (Å²) in [7, 11) is -3.75. The second-order valence-corrected chi connectivity index (χ2v) is 12.2. The van der Waals surface area contributed by atoms with Crippen LogP contribution in [0.3, 0.4) is 0 Å². The van der Waals surface area contributed by atoms with Gasteiger partial charge in [-0.25, -0.2) is 18.2 Å². The van der Waals surface area contributed by atoms with E-state index in [1.807, 2.05) is 75.4 Å². The lowest BCUT2D eigenvalue weighted by Crippen LogP contribution is -2.47. The van der Waals surface area contributed by atoms with Crippen LogP contribution < -0.4 is 5.32 Å². The molecule has 0 bridgehead atoms. The zero-order chi connectivity index (χ0) is 27.8. The molecule has 4 rings (SSSR count). The van der Waals surface area contributed by atoms with Gasteiger partial charge in [0.1, 0.15) is 0 Å². The van der Waals surface area contributed by atoms with Crippen LogP contribution in [0.25, 0.3) is 0 Å². The van der Waals surface area contributed by atoms with E-state index in [4.69, 9.17) is 4.74 Å². The standard InChI is InChI=1S/C29H39N5O4S/c1-23(2)31-28(35)33(14-13-32-15-17-38-18-16-32)21-27-19-30-29(34(27)20-25-7-5-4-6-8-25)39(36,37)22-26-11-9-24(3)10-12-26/h4-12,19,23H,13-18,20-22H2,1-3H3,(H,31,35). The Balaban J connectivity index is 1.63. The van der Waals surface area contributed by atoms with Crippen LogP contribution in [-0.4, -0.2) is 79.2 Å². The van der Waals surface area contributed by atoms with Crippen LogP contribution >= 0.6 is 0 Å². The van der Waals surface area contributed by atoms with Gasteiger partial charge < -0.3 is 19.5 Å². The highest BCUT2D eigenvalue weighted by molar-refractivity contribution is 7.90. The molecule has 1 aliphatic heterocycles. The molecule has 2 amide bonds. The molecule has 2 heterocycles. The number of aryl methyl sites for hydroxylation is 1. The third-order valence-corrected chi connectivity index (χ3v) is 8.28. The highest BCUT2D eigenvalue weighted by Crippen LogP contribution is 2.21. The number of ether oxygens (including phenoxy) is 1. The van der Waals surface area contributed by atoms with Gasteiger partial charge in [0.2, 0.25) is 15.0 Å². The molecule has 1 N–H and O–H groups in total. The van der Waals surface area contributed by atoms with Crippen LogP contribution in [0.1, 0.15) is 36.2 Å². The van der Waals surface area contributed by atoms with Gasteiger partial charge in [0.25, 0.3) is 0 Å². The quantitative estimate of drug-likeness (QED) is 0.391. The average molecular weight is 554 g/mol. The minimum atomic E-state index is -3.75. The summed E-state index contributed by atoms with van der Waals surface area (Å²) in [6.07, 6.45) is 1.59. The minimum absolute atomic E-state index is 0.0133. The molecule has 210 valence electrons. The van der Waals surface area contributed by atoms with Crippen LogP contribution in [0.4, 0.5) is 4.79 Å². The zero-order valence-electron chi connectivity index (χ0n) is 23.0. The normalized spacial score (nSPS) is 14.5. The van der Waals surface area contributed by atoms with Gasteiger partial charge in [-0.15, -0.1) is 0 Å². The SMILES string of the molecule is Cc1ccc(CS(=O)(=O)c2ncc(CN(CCN3CCOCC3)C(=O)NC(C)C)n2Cc2ccccc2)cc1. The highest BCUT2D eigenvalue weighted by Gasteiger charge is 2.26. The maximum absolute atomic E-state index is 13.6. The van der Waals surface area contributed by atoms with Crippen molar-refractivity contribution >= 4 is 15.9 Å². The summed E-state index contributed by atoms with van der Waals surface area (Å²) in [6, 6.07) is 17.0. The average Bonchev–Trinajstić information content (AvgIpc) is 3.31. The lowest BCUT2D eigenvalue weighted by molar-refractivity contribution is 0.0345. The van der Waals surface area contributed by atoms with E-state index in [0.717, 1.165) is 24.2 Å². The van der Waals surface area contributed by atoms with E-state index in [0.29, 0.717) is 44.1 Å². The van der Waals surface area contributed by atoms with Gasteiger partial charge in [0, 0.05) is 32.2 Å². The van der Waals surface area contributed by atoms with E-state index in [1.165, 1.54) is 0 Å². The van der Waals surface area contributed by atoms with Gasteiger partial charge in [0.05, 0.1) is 43.9 Å². The lowest BCUT2D eigenvalue weighted by atomic mass is 10.2. The van der Waals surface area contributed by atoms with Gasteiger partial charge in [-0.2, -0.15) is 0 Å². The van der Waals surface area contributed by atoms with Crippen molar-refractivity contribution in [2.24, 2.45) is 0 Å². The van der Waals surface area contributed by atoms with Crippen molar-refractivity contribution in [1.82, 2.24) is 24.7 Å². The Morgan fingerprint density at radius 2 is 1.74 bits per heavy atom. The number of hydrogen-bond acceptors (Lipinski definition) is 6. The Morgan fingerprint density at radius 3 is 2.41 bits per heavy atom. The molecule has 0 atom stereocenters. The van der Waals surface area contributed by atoms with Crippen molar-refractivity contribution in [3.8, 4) is 0 Å². The number of hydrogen-bond donors (Lipinski definition) is 1. The molecule has 0 saturated carbocycles. The first-order valence-electron chi connectivity index (χ1n) is 13.4. The number of benzene rings is 2. The van der Waals surface area contributed by atoms with Crippen molar-refractivity contribution in [2.45, 2.75) is 50.8 Å². The number of imidazole rings is 1. The van der Waals surface area contributed by atoms with Crippen LogP contribution in [0.5, 0.6) is 0 Å². The second kappa shape index (κ2) is 13.2. The van der Waals surface area contributed by atoms with Gasteiger partial charge >= 0.3 is 6.03 Å². The molecule has 9 nitrogen and oxygen atoms in total. The molecular weight excluding hydrogens is 514 g/mol. The van der Waals surface area contributed by atoms with Crippen molar-refractivity contribution < 1.29 is 17.9 Å². The minimum Gasteiger partial charge on any atom is -0.379 e. The van der Waals surface area contributed by atoms with Crippen LogP contribution in [0.15, 0.2) is 66.0 Å². The van der Waals surface area contributed by atoms with E-state index in [-0.39, 0.29) is 29.5 Å². The monoisotopic (exact) mass is 553 g/mol. The van der Waals surface area contributed by atoms with Gasteiger partial charge in [-0.1, -0.05) is 60.2 Å². The third kappa shape index (κ3) is 8.14. The molecule has 1 fully saturated rings. The van der Waals surface area contributed by atoms with Crippen molar-refractivity contribution in [3.05, 3.63) is 83.2 Å². The summed E-state index contributed by atoms with van der Waals surface area (Å²) >= 11 is 0. The molecule has 0 radical (unpaired) electrons. The number of amides is 2. The number of carbonyl (C=O) groups is 1. The van der Waals surface area contributed by atoms with E-state index in [1.54, 1.807) is 15.7 Å². The maximum Gasteiger partial charge on any atom is 0.317 e. The fraction of sp³-hybridized carbons (Fsp3) is 0.448. The number of nitrogens with one attached hydrogen (secondary N) is 1. The first kappa shape index (κ1) is 28.8. The summed E-state index contributed by atoms with van der Waals surface area (Å²) < 4.78 is 34.4. The van der Waals surface area contributed by atoms with Gasteiger partial charge in [-0.3, -0.25) is 4.90 Å². The van der Waals surface area contributed by atoms with Crippen LogP contribution in [0.2, 0.25) is 0 Å². The number of nitrogens with zero attached hydrogens (tertiary/aromatic N) is 4. The molecule has 1 saturated heterocycles. The summed E-state index contributed by atoms with van der Waals surface area (Å²) in [5, 5.41) is 3.00. The third-order valence-electron chi connectivity index (χ3n) is 6.68. The Hall–Kier alpha value is -3.21. The fourth-order valence-electron chi connectivity index (χ4n) is 4.54. The van der Waals surface area contributed by atoms with Crippen molar-refractivity contribution in [1.29, 1.82) is 0 Å². The molecule has 39 heavy (non-hydrogen) atoms. The zero-order valence-corrected chi connectivity index (χ0v) is 23.9. The number of aromatic nitrogens is 2. The predicted molar refractivity (Wildman–Crippen MR) is 151 cm³/mol. The molecule has 1 aliphatic rings. The molecule has 10 heteroatoms. The largest absolute Gasteiger partial charge is 0.379 e. The van der Waals surface area contributed by atoms with Crippen LogP contribution in [-0.2, 0) is 33.4 Å². The van der Waals surface area contributed by atoms with Crippen molar-refractivity contribution in [2.75, 3.05) is 39.4 Å². The van der Waals surface area contributed by atoms with E-state index < -0.39 is 9.84 Å². The number of rotatable bonds is 11. The number of morpholine rings is 1. The number of carbonyl (C=O) groups excluding carboxylic acids is 1. The first-order chi connectivity index (χ1) is 18.7. The van der Waals surface area contributed by atoms with E-state index in [2.05, 4.69) is 15.2 Å². The summed E-state index contributed by atoms with van der Waals surface area (Å²) in [6.45, 7) is 10.6. The summed E-state index contributed by atoms with van der Waals surface area (Å²) in [4.78, 5) is 21.6. The molecule has 0 unspecified atom stereocenters. The predicted octanol–water partition coefficient (Wildman–Crippen LogP) is 3.47. The van der Waals surface area contributed by atoms with Gasteiger partial charge in [0.15, 0.2) is 0 Å². The first-order valence-corrected chi connectivity index (χ1v) is 15.1. The Bertz CT molecular complexity index is 1320. The Kier molecular flexibility index (Phi) is 9.77. The van der Waals surface area contributed by atoms with Gasteiger partial charge in [-0.05, 0) is 31.9 Å². The topological polar surface area (TPSA) is 96.8 Å². The Labute approximate surface area is 231 Å². The van der Waals surface area contributed by atoms with Crippen LogP contribution in [0, 0.1) is 6.92 Å². The molecule has 1 aromatic heterocycles. The maximum atomic E-state index is 13.6. The molecule has 0 aliphatic carbocycles. The number of sulfone groups is 1. The second-order valence-electron chi connectivity index (χ2n) is 10.3. The van der Waals surface area contributed by atoms with E-state index >= 15 is 0 Å². The molecule has 0 spiro atoms. The summed E-state index contributed by atoms with van der Waals surface area (Å²) in [5.41, 5.74) is 3.40. The smallest absolute Gasteiger partial charge is 0.317 e. The van der Waals surface area contributed by atoms with E-state index in [9.17, 15) is 13.2 Å². The van der Waals surface area contributed by atoms with Crippen molar-refractivity contribution in [3.63, 3.8) is 0 Å². The molecular formula is C29H39N5O4S. The lowest BCUT2D eigenvalue weighted by Gasteiger charge is -2.30. The summed E-state index contributed by atoms with van der Waals surface area (Å²) in [5.74, 6) is -0.146. The molecule has 3 aromatic rings. The molecule has 2 aromatic carbocycles. The Morgan fingerprint density at radius 1 is 1.05 bits per heavy atom. The number of urea groups is 1.